The lowest BCUT2D eigenvalue weighted by atomic mass is 10.3. The van der Waals surface area contributed by atoms with E-state index in [2.05, 4.69) is 17.0 Å². The van der Waals surface area contributed by atoms with E-state index in [9.17, 15) is 0 Å². The maximum atomic E-state index is 5.69. The van der Waals surface area contributed by atoms with Crippen molar-refractivity contribution in [1.82, 2.24) is 14.8 Å². The number of methoxy groups -OCH3 is 1. The van der Waals surface area contributed by atoms with Gasteiger partial charge in [-0.2, -0.15) is 5.10 Å². The lowest BCUT2D eigenvalue weighted by Gasteiger charge is -2.13. The first-order chi connectivity index (χ1) is 9.26. The van der Waals surface area contributed by atoms with Gasteiger partial charge in [-0.1, -0.05) is 6.92 Å². The summed E-state index contributed by atoms with van der Waals surface area (Å²) in [5.41, 5.74) is 0.945. The average Bonchev–Trinajstić information content (AvgIpc) is 2.94. The Kier molecular flexibility index (Phi) is 4.52. The molecule has 0 saturated carbocycles. The Morgan fingerprint density at radius 1 is 1.26 bits per heavy atom. The standard InChI is InChI=1S/C14H19N3O2/c1-4-9-19-11(2)14-15-10-16-17(14)12-5-7-13(18-3)8-6-12/h5-8,10-11H,4,9H2,1-3H3. The summed E-state index contributed by atoms with van der Waals surface area (Å²) in [4.78, 5) is 4.28. The average molecular weight is 261 g/mol. The highest BCUT2D eigenvalue weighted by molar-refractivity contribution is 5.37. The van der Waals surface area contributed by atoms with Gasteiger partial charge in [0.05, 0.1) is 12.8 Å². The molecule has 0 amide bonds. The fraction of sp³-hybridized carbons (Fsp3) is 0.429. The molecule has 0 bridgehead atoms. The number of rotatable bonds is 6. The largest absolute Gasteiger partial charge is 0.497 e. The highest BCUT2D eigenvalue weighted by atomic mass is 16.5. The Bertz CT molecular complexity index is 508. The molecule has 0 N–H and O–H groups in total. The summed E-state index contributed by atoms with van der Waals surface area (Å²) >= 11 is 0. The van der Waals surface area contributed by atoms with Crippen molar-refractivity contribution in [2.75, 3.05) is 13.7 Å². The van der Waals surface area contributed by atoms with Gasteiger partial charge < -0.3 is 9.47 Å². The zero-order valence-corrected chi connectivity index (χ0v) is 11.5. The zero-order valence-electron chi connectivity index (χ0n) is 11.5. The molecule has 5 heteroatoms. The van der Waals surface area contributed by atoms with Crippen molar-refractivity contribution in [2.24, 2.45) is 0 Å². The molecular weight excluding hydrogens is 242 g/mol. The molecule has 1 atom stereocenters. The van der Waals surface area contributed by atoms with Crippen molar-refractivity contribution in [3.05, 3.63) is 36.4 Å². The molecule has 0 saturated heterocycles. The summed E-state index contributed by atoms with van der Waals surface area (Å²) in [5.74, 6) is 1.62. The lowest BCUT2D eigenvalue weighted by Crippen LogP contribution is -2.10. The van der Waals surface area contributed by atoms with Crippen LogP contribution in [0.15, 0.2) is 30.6 Å². The van der Waals surface area contributed by atoms with Crippen LogP contribution >= 0.6 is 0 Å². The van der Waals surface area contributed by atoms with Crippen LogP contribution in [0.4, 0.5) is 0 Å². The van der Waals surface area contributed by atoms with Gasteiger partial charge >= 0.3 is 0 Å². The first-order valence-corrected chi connectivity index (χ1v) is 6.42. The molecule has 1 aromatic heterocycles. The van der Waals surface area contributed by atoms with E-state index >= 15 is 0 Å². The van der Waals surface area contributed by atoms with Gasteiger partial charge in [0, 0.05) is 6.61 Å². The molecule has 2 rings (SSSR count). The highest BCUT2D eigenvalue weighted by Gasteiger charge is 2.14. The van der Waals surface area contributed by atoms with Gasteiger partial charge in [-0.3, -0.25) is 0 Å². The minimum Gasteiger partial charge on any atom is -0.497 e. The van der Waals surface area contributed by atoms with Crippen molar-refractivity contribution in [3.8, 4) is 11.4 Å². The van der Waals surface area contributed by atoms with Gasteiger partial charge in [-0.05, 0) is 37.6 Å². The molecular formula is C14H19N3O2. The maximum Gasteiger partial charge on any atom is 0.160 e. The Morgan fingerprint density at radius 2 is 2.00 bits per heavy atom. The summed E-state index contributed by atoms with van der Waals surface area (Å²) in [6, 6.07) is 7.70. The summed E-state index contributed by atoms with van der Waals surface area (Å²) in [6.07, 6.45) is 2.45. The molecule has 0 radical (unpaired) electrons. The lowest BCUT2D eigenvalue weighted by molar-refractivity contribution is 0.0588. The molecule has 2 aromatic rings. The Balaban J connectivity index is 2.22. The van der Waals surface area contributed by atoms with E-state index in [-0.39, 0.29) is 6.10 Å². The fourth-order valence-electron chi connectivity index (χ4n) is 1.82. The Hall–Kier alpha value is -1.88. The first-order valence-electron chi connectivity index (χ1n) is 6.42. The van der Waals surface area contributed by atoms with E-state index < -0.39 is 0 Å². The fourth-order valence-corrected chi connectivity index (χ4v) is 1.82. The van der Waals surface area contributed by atoms with Crippen LogP contribution in [0.5, 0.6) is 5.75 Å². The van der Waals surface area contributed by atoms with Gasteiger partial charge in [-0.25, -0.2) is 9.67 Å². The number of benzene rings is 1. The van der Waals surface area contributed by atoms with E-state index in [0.29, 0.717) is 0 Å². The number of nitrogens with zero attached hydrogens (tertiary/aromatic N) is 3. The molecule has 0 aliphatic carbocycles. The van der Waals surface area contributed by atoms with Crippen LogP contribution in [-0.2, 0) is 4.74 Å². The van der Waals surface area contributed by atoms with E-state index in [1.54, 1.807) is 18.1 Å². The number of hydrogen-bond donors (Lipinski definition) is 0. The van der Waals surface area contributed by atoms with E-state index in [4.69, 9.17) is 9.47 Å². The number of ether oxygens (including phenoxy) is 2. The molecule has 0 aliphatic heterocycles. The summed E-state index contributed by atoms with van der Waals surface area (Å²) in [5, 5.41) is 4.26. The molecule has 0 spiro atoms. The van der Waals surface area contributed by atoms with Crippen molar-refractivity contribution >= 4 is 0 Å². The zero-order chi connectivity index (χ0) is 13.7. The van der Waals surface area contributed by atoms with Crippen molar-refractivity contribution in [2.45, 2.75) is 26.4 Å². The molecule has 5 nitrogen and oxygen atoms in total. The summed E-state index contributed by atoms with van der Waals surface area (Å²) in [6.45, 7) is 4.79. The third-order valence-corrected chi connectivity index (χ3v) is 2.83. The maximum absolute atomic E-state index is 5.69. The van der Waals surface area contributed by atoms with Gasteiger partial charge in [0.2, 0.25) is 0 Å². The molecule has 0 aliphatic rings. The predicted molar refractivity (Wildman–Crippen MR) is 72.6 cm³/mol. The van der Waals surface area contributed by atoms with Gasteiger partial charge in [0.25, 0.3) is 0 Å². The van der Waals surface area contributed by atoms with E-state index in [1.165, 1.54) is 0 Å². The quantitative estimate of drug-likeness (QED) is 0.802. The van der Waals surface area contributed by atoms with Crippen LogP contribution in [0.1, 0.15) is 32.2 Å². The minimum atomic E-state index is -0.0791. The molecule has 1 unspecified atom stereocenters. The van der Waals surface area contributed by atoms with Crippen LogP contribution < -0.4 is 4.74 Å². The van der Waals surface area contributed by atoms with Gasteiger partial charge in [0.15, 0.2) is 5.82 Å². The number of aromatic nitrogens is 3. The van der Waals surface area contributed by atoms with E-state index in [1.807, 2.05) is 31.2 Å². The third kappa shape index (κ3) is 3.12. The topological polar surface area (TPSA) is 49.2 Å². The molecule has 0 fully saturated rings. The second-order valence-electron chi connectivity index (χ2n) is 4.24. The SMILES string of the molecule is CCCOC(C)c1ncnn1-c1ccc(OC)cc1. The van der Waals surface area contributed by atoms with Crippen molar-refractivity contribution < 1.29 is 9.47 Å². The van der Waals surface area contributed by atoms with Crippen LogP contribution in [0, 0.1) is 0 Å². The van der Waals surface area contributed by atoms with Crippen LogP contribution in [-0.4, -0.2) is 28.5 Å². The smallest absolute Gasteiger partial charge is 0.160 e. The Labute approximate surface area is 113 Å². The molecule has 19 heavy (non-hydrogen) atoms. The van der Waals surface area contributed by atoms with Crippen LogP contribution in [0.2, 0.25) is 0 Å². The van der Waals surface area contributed by atoms with Crippen molar-refractivity contribution in [3.63, 3.8) is 0 Å². The highest BCUT2D eigenvalue weighted by Crippen LogP contribution is 2.20. The van der Waals surface area contributed by atoms with Crippen LogP contribution in [0.25, 0.3) is 5.69 Å². The third-order valence-electron chi connectivity index (χ3n) is 2.83. The molecule has 102 valence electrons. The minimum absolute atomic E-state index is 0.0791. The van der Waals surface area contributed by atoms with Gasteiger partial charge in [-0.15, -0.1) is 0 Å². The van der Waals surface area contributed by atoms with Crippen molar-refractivity contribution in [1.29, 1.82) is 0 Å². The Morgan fingerprint density at radius 3 is 2.63 bits per heavy atom. The first kappa shape index (κ1) is 13.5. The summed E-state index contributed by atoms with van der Waals surface area (Å²) in [7, 11) is 1.65. The monoisotopic (exact) mass is 261 g/mol. The second kappa shape index (κ2) is 6.33. The van der Waals surface area contributed by atoms with Gasteiger partial charge in [0.1, 0.15) is 18.2 Å². The molecule has 1 aromatic carbocycles. The number of hydrogen-bond acceptors (Lipinski definition) is 4. The predicted octanol–water partition coefficient (Wildman–Crippen LogP) is 2.76. The summed E-state index contributed by atoms with van der Waals surface area (Å²) < 4.78 is 12.6. The van der Waals surface area contributed by atoms with E-state index in [0.717, 1.165) is 30.3 Å². The normalized spacial score (nSPS) is 12.4. The van der Waals surface area contributed by atoms with Crippen LogP contribution in [0.3, 0.4) is 0 Å². The molecule has 1 heterocycles. The second-order valence-corrected chi connectivity index (χ2v) is 4.24.